The molecule has 0 amide bonds. The van der Waals surface area contributed by atoms with Gasteiger partial charge in [0.15, 0.2) is 5.78 Å². The van der Waals surface area contributed by atoms with Crippen LogP contribution in [0.1, 0.15) is 26.6 Å². The maximum Gasteiger partial charge on any atom is 0.168 e. The molecule has 1 aromatic carbocycles. The highest BCUT2D eigenvalue weighted by molar-refractivity contribution is 7.09. The van der Waals surface area contributed by atoms with Crippen molar-refractivity contribution in [2.75, 3.05) is 0 Å². The smallest absolute Gasteiger partial charge is 0.168 e. The van der Waals surface area contributed by atoms with E-state index in [0.717, 1.165) is 16.3 Å². The first-order valence-corrected chi connectivity index (χ1v) is 6.04. The maximum absolute atomic E-state index is 11.9. The molecule has 2 rings (SSSR count). The molecule has 0 fully saturated rings. The summed E-state index contributed by atoms with van der Waals surface area (Å²) in [5.74, 6) is 0.130. The molecule has 0 spiro atoms. The molecule has 2 nitrogen and oxygen atoms in total. The van der Waals surface area contributed by atoms with E-state index in [1.165, 1.54) is 5.56 Å². The van der Waals surface area contributed by atoms with E-state index in [9.17, 15) is 4.79 Å². The fraction of sp³-hybridized carbons (Fsp3) is 0.231. The number of aryl methyl sites for hydroxylation is 2. The van der Waals surface area contributed by atoms with Gasteiger partial charge in [-0.05, 0) is 13.8 Å². The van der Waals surface area contributed by atoms with Gasteiger partial charge in [0, 0.05) is 10.9 Å². The van der Waals surface area contributed by atoms with Crippen molar-refractivity contribution in [3.63, 3.8) is 0 Å². The summed E-state index contributed by atoms with van der Waals surface area (Å²) in [5, 5.41) is 2.95. The highest BCUT2D eigenvalue weighted by Gasteiger charge is 2.08. The molecule has 1 aromatic heterocycles. The van der Waals surface area contributed by atoms with Gasteiger partial charge in [0.05, 0.1) is 17.1 Å². The Labute approximate surface area is 99.0 Å². The minimum atomic E-state index is 0.130. The van der Waals surface area contributed by atoms with Crippen LogP contribution in [0.15, 0.2) is 29.6 Å². The topological polar surface area (TPSA) is 30.0 Å². The Kier molecular flexibility index (Phi) is 3.15. The van der Waals surface area contributed by atoms with Gasteiger partial charge in [-0.15, -0.1) is 11.3 Å². The molecule has 2 aromatic rings. The molecule has 0 saturated carbocycles. The third kappa shape index (κ3) is 2.55. The van der Waals surface area contributed by atoms with Gasteiger partial charge in [0.1, 0.15) is 0 Å². The monoisotopic (exact) mass is 231 g/mol. The maximum atomic E-state index is 11.9. The lowest BCUT2D eigenvalue weighted by Gasteiger charge is -1.99. The minimum absolute atomic E-state index is 0.130. The number of rotatable bonds is 3. The second-order valence-electron chi connectivity index (χ2n) is 3.82. The van der Waals surface area contributed by atoms with Crippen molar-refractivity contribution < 1.29 is 4.79 Å². The van der Waals surface area contributed by atoms with E-state index in [1.807, 2.05) is 43.5 Å². The first-order chi connectivity index (χ1) is 7.65. The first kappa shape index (κ1) is 11.0. The molecule has 0 N–H and O–H groups in total. The van der Waals surface area contributed by atoms with Crippen LogP contribution in [0.4, 0.5) is 0 Å². The number of nitrogens with zero attached hydrogens (tertiary/aromatic N) is 1. The van der Waals surface area contributed by atoms with Crippen molar-refractivity contribution in [2.24, 2.45) is 0 Å². The number of Topliss-reactive ketones (excluding diaryl/α,β-unsaturated/α-hetero) is 1. The van der Waals surface area contributed by atoms with Crippen LogP contribution >= 0.6 is 11.3 Å². The second kappa shape index (κ2) is 4.58. The lowest BCUT2D eigenvalue weighted by molar-refractivity contribution is 0.0992. The Morgan fingerprint density at radius 1 is 1.25 bits per heavy atom. The van der Waals surface area contributed by atoms with E-state index in [0.29, 0.717) is 6.42 Å². The number of carbonyl (C=O) groups is 1. The van der Waals surface area contributed by atoms with Gasteiger partial charge in [0.25, 0.3) is 0 Å². The summed E-state index contributed by atoms with van der Waals surface area (Å²) in [7, 11) is 0. The summed E-state index contributed by atoms with van der Waals surface area (Å²) in [6, 6.07) is 7.66. The highest BCUT2D eigenvalue weighted by atomic mass is 32.1. The number of hydrogen-bond donors (Lipinski definition) is 0. The normalized spacial score (nSPS) is 10.4. The number of benzene rings is 1. The Morgan fingerprint density at radius 3 is 2.50 bits per heavy atom. The van der Waals surface area contributed by atoms with Crippen LogP contribution in [0.2, 0.25) is 0 Å². The summed E-state index contributed by atoms with van der Waals surface area (Å²) in [4.78, 5) is 16.2. The summed E-state index contributed by atoms with van der Waals surface area (Å²) in [5.41, 5.74) is 2.80. The summed E-state index contributed by atoms with van der Waals surface area (Å²) in [6.07, 6.45) is 0.396. The zero-order chi connectivity index (χ0) is 11.5. The minimum Gasteiger partial charge on any atom is -0.294 e. The second-order valence-corrected chi connectivity index (χ2v) is 4.89. The van der Waals surface area contributed by atoms with Crippen LogP contribution in [0.3, 0.4) is 0 Å². The fourth-order valence-corrected chi connectivity index (χ4v) is 2.11. The van der Waals surface area contributed by atoms with Crippen molar-refractivity contribution in [3.05, 3.63) is 51.5 Å². The van der Waals surface area contributed by atoms with Crippen molar-refractivity contribution in [1.29, 1.82) is 0 Å². The lowest BCUT2D eigenvalue weighted by atomic mass is 10.1. The zero-order valence-electron chi connectivity index (χ0n) is 9.36. The fourth-order valence-electron chi connectivity index (χ4n) is 1.50. The van der Waals surface area contributed by atoms with E-state index in [4.69, 9.17) is 0 Å². The van der Waals surface area contributed by atoms with E-state index in [-0.39, 0.29) is 5.78 Å². The predicted molar refractivity (Wildman–Crippen MR) is 66.1 cm³/mol. The van der Waals surface area contributed by atoms with Crippen LogP contribution < -0.4 is 0 Å². The molecular weight excluding hydrogens is 218 g/mol. The number of ketones is 1. The van der Waals surface area contributed by atoms with Gasteiger partial charge in [-0.25, -0.2) is 4.98 Å². The van der Waals surface area contributed by atoms with Crippen LogP contribution in [0.25, 0.3) is 0 Å². The van der Waals surface area contributed by atoms with Gasteiger partial charge in [-0.2, -0.15) is 0 Å². The highest BCUT2D eigenvalue weighted by Crippen LogP contribution is 2.12. The van der Waals surface area contributed by atoms with Crippen molar-refractivity contribution in [3.8, 4) is 0 Å². The Morgan fingerprint density at radius 2 is 1.94 bits per heavy atom. The standard InChI is InChI=1S/C13H13NOS/c1-9-3-5-11(6-4-9)13(15)7-12-8-16-10(2)14-12/h3-6,8H,7H2,1-2H3. The van der Waals surface area contributed by atoms with Crippen LogP contribution in [-0.2, 0) is 6.42 Å². The molecule has 0 radical (unpaired) electrons. The van der Waals surface area contributed by atoms with Crippen molar-refractivity contribution in [2.45, 2.75) is 20.3 Å². The molecule has 0 saturated heterocycles. The van der Waals surface area contributed by atoms with Gasteiger partial charge in [-0.3, -0.25) is 4.79 Å². The summed E-state index contributed by atoms with van der Waals surface area (Å²) < 4.78 is 0. The third-order valence-corrected chi connectivity index (χ3v) is 3.20. The van der Waals surface area contributed by atoms with E-state index < -0.39 is 0 Å². The predicted octanol–water partition coefficient (Wildman–Crippen LogP) is 3.19. The Hall–Kier alpha value is -1.48. The molecule has 82 valence electrons. The molecule has 0 atom stereocenters. The quantitative estimate of drug-likeness (QED) is 0.759. The molecule has 0 unspecified atom stereocenters. The summed E-state index contributed by atoms with van der Waals surface area (Å²) in [6.45, 7) is 3.96. The Balaban J connectivity index is 2.11. The van der Waals surface area contributed by atoms with Crippen LogP contribution in [-0.4, -0.2) is 10.8 Å². The number of hydrogen-bond acceptors (Lipinski definition) is 3. The molecule has 0 aliphatic carbocycles. The molecule has 0 bridgehead atoms. The van der Waals surface area contributed by atoms with Crippen molar-refractivity contribution in [1.82, 2.24) is 4.98 Å². The van der Waals surface area contributed by atoms with Gasteiger partial charge in [-0.1, -0.05) is 29.8 Å². The largest absolute Gasteiger partial charge is 0.294 e. The van der Waals surface area contributed by atoms with E-state index >= 15 is 0 Å². The molecule has 0 aliphatic heterocycles. The molecule has 3 heteroatoms. The SMILES string of the molecule is Cc1ccc(C(=O)Cc2csc(C)n2)cc1. The van der Waals surface area contributed by atoms with E-state index in [1.54, 1.807) is 11.3 Å². The van der Waals surface area contributed by atoms with Gasteiger partial charge in [0.2, 0.25) is 0 Å². The molecule has 16 heavy (non-hydrogen) atoms. The van der Waals surface area contributed by atoms with Crippen LogP contribution in [0, 0.1) is 13.8 Å². The summed E-state index contributed by atoms with van der Waals surface area (Å²) >= 11 is 1.58. The molecular formula is C13H13NOS. The number of carbonyl (C=O) groups excluding carboxylic acids is 1. The number of thiazole rings is 1. The van der Waals surface area contributed by atoms with Crippen LogP contribution in [0.5, 0.6) is 0 Å². The first-order valence-electron chi connectivity index (χ1n) is 5.16. The molecule has 1 heterocycles. The Bertz CT molecular complexity index is 499. The molecule has 0 aliphatic rings. The lowest BCUT2D eigenvalue weighted by Crippen LogP contribution is -2.03. The van der Waals surface area contributed by atoms with Gasteiger partial charge < -0.3 is 0 Å². The number of aromatic nitrogens is 1. The van der Waals surface area contributed by atoms with Crippen molar-refractivity contribution >= 4 is 17.1 Å². The third-order valence-electron chi connectivity index (χ3n) is 2.38. The average Bonchev–Trinajstić information content (AvgIpc) is 2.65. The zero-order valence-corrected chi connectivity index (χ0v) is 10.2. The van der Waals surface area contributed by atoms with E-state index in [2.05, 4.69) is 4.98 Å². The van der Waals surface area contributed by atoms with Gasteiger partial charge >= 0.3 is 0 Å². The average molecular weight is 231 g/mol.